The van der Waals surface area contributed by atoms with E-state index in [4.69, 9.17) is 15.0 Å². The third kappa shape index (κ3) is 4.92. The molecular weight excluding hydrogens is 657 g/mol. The third-order valence-electron chi connectivity index (χ3n) is 12.5. The van der Waals surface area contributed by atoms with Crippen molar-refractivity contribution in [2.24, 2.45) is 0 Å². The molecule has 0 atom stereocenters. The van der Waals surface area contributed by atoms with Crippen molar-refractivity contribution in [3.05, 3.63) is 156 Å². The van der Waals surface area contributed by atoms with Gasteiger partial charge >= 0.3 is 0 Å². The summed E-state index contributed by atoms with van der Waals surface area (Å²) in [6.45, 7) is 14.3. The molecule has 4 heteroatoms. The van der Waals surface area contributed by atoms with E-state index in [9.17, 15) is 0 Å². The molecule has 6 aromatic carbocycles. The molecule has 0 radical (unpaired) electrons. The number of hydrogen-bond acceptors (Lipinski definition) is 3. The topological polar surface area (TPSA) is 43.6 Å². The van der Waals surface area contributed by atoms with Gasteiger partial charge in [-0.2, -0.15) is 0 Å². The number of para-hydroxylation sites is 1. The Morgan fingerprint density at radius 1 is 0.426 bits per heavy atom. The monoisotopic (exact) mass is 700 g/mol. The normalized spacial score (nSPS) is 16.3. The quantitative estimate of drug-likeness (QED) is 0.184. The van der Waals surface area contributed by atoms with E-state index in [1.54, 1.807) is 0 Å². The minimum absolute atomic E-state index is 0.104. The van der Waals surface area contributed by atoms with Gasteiger partial charge in [0.1, 0.15) is 0 Å². The van der Waals surface area contributed by atoms with Gasteiger partial charge in [-0.3, -0.25) is 0 Å². The first-order valence-electron chi connectivity index (χ1n) is 19.2. The lowest BCUT2D eigenvalue weighted by molar-refractivity contribution is 0.332. The number of benzene rings is 6. The molecule has 4 nitrogen and oxygen atoms in total. The average Bonchev–Trinajstić information content (AvgIpc) is 3.64. The predicted octanol–water partition coefficient (Wildman–Crippen LogP) is 12.6. The van der Waals surface area contributed by atoms with Crippen molar-refractivity contribution < 1.29 is 0 Å². The Hall–Kier alpha value is -5.87. The molecule has 2 aromatic heterocycles. The highest BCUT2D eigenvalue weighted by Crippen LogP contribution is 2.50. The van der Waals surface area contributed by atoms with E-state index in [0.29, 0.717) is 17.5 Å². The molecule has 0 saturated heterocycles. The molecule has 0 aliphatic heterocycles. The minimum Gasteiger partial charge on any atom is -0.309 e. The van der Waals surface area contributed by atoms with Gasteiger partial charge in [0.2, 0.25) is 0 Å². The zero-order valence-electron chi connectivity index (χ0n) is 31.9. The van der Waals surface area contributed by atoms with E-state index < -0.39 is 0 Å². The van der Waals surface area contributed by atoms with Crippen LogP contribution in [0.3, 0.4) is 0 Å². The minimum atomic E-state index is -0.124. The van der Waals surface area contributed by atoms with Crippen LogP contribution in [0.1, 0.15) is 76.6 Å². The van der Waals surface area contributed by atoms with Gasteiger partial charge in [0, 0.05) is 38.6 Å². The Morgan fingerprint density at radius 3 is 1.78 bits per heavy atom. The van der Waals surface area contributed by atoms with Crippen LogP contribution in [0.2, 0.25) is 0 Å². The Bertz CT molecular complexity index is 2800. The van der Waals surface area contributed by atoms with Crippen LogP contribution in [0.5, 0.6) is 0 Å². The van der Waals surface area contributed by atoms with Crippen LogP contribution in [0.4, 0.5) is 0 Å². The van der Waals surface area contributed by atoms with Crippen molar-refractivity contribution in [1.82, 2.24) is 19.5 Å². The fourth-order valence-electron chi connectivity index (χ4n) is 9.29. The summed E-state index contributed by atoms with van der Waals surface area (Å²) < 4.78 is 2.44. The predicted molar refractivity (Wildman–Crippen MR) is 223 cm³/mol. The summed E-state index contributed by atoms with van der Waals surface area (Å²) in [7, 11) is 0. The third-order valence-corrected chi connectivity index (χ3v) is 12.5. The molecule has 0 fully saturated rings. The van der Waals surface area contributed by atoms with Crippen molar-refractivity contribution in [3.63, 3.8) is 0 Å². The molecule has 0 saturated carbocycles. The van der Waals surface area contributed by atoms with Gasteiger partial charge in [0.25, 0.3) is 0 Å². The Labute approximate surface area is 317 Å². The summed E-state index contributed by atoms with van der Waals surface area (Å²) in [4.78, 5) is 15.5. The summed E-state index contributed by atoms with van der Waals surface area (Å²) in [6.07, 6.45) is 2.36. The molecule has 54 heavy (non-hydrogen) atoms. The maximum atomic E-state index is 5.23. The van der Waals surface area contributed by atoms with Gasteiger partial charge in [0.05, 0.1) is 11.0 Å². The van der Waals surface area contributed by atoms with Crippen molar-refractivity contribution in [2.45, 2.75) is 70.6 Å². The van der Waals surface area contributed by atoms with Crippen LogP contribution in [0.25, 0.3) is 72.8 Å². The Morgan fingerprint density at radius 2 is 1.02 bits per heavy atom. The van der Waals surface area contributed by atoms with Gasteiger partial charge in [-0.1, -0.05) is 139 Å². The first kappa shape index (κ1) is 32.8. The van der Waals surface area contributed by atoms with E-state index in [1.807, 2.05) is 18.2 Å². The van der Waals surface area contributed by atoms with Gasteiger partial charge in [0.15, 0.2) is 17.5 Å². The zero-order chi connectivity index (χ0) is 37.0. The smallest absolute Gasteiger partial charge is 0.164 e. The highest BCUT2D eigenvalue weighted by Gasteiger charge is 2.38. The Balaban J connectivity index is 1.16. The lowest BCUT2D eigenvalue weighted by atomic mass is 9.63. The lowest BCUT2D eigenvalue weighted by Gasteiger charge is -2.42. The van der Waals surface area contributed by atoms with E-state index in [-0.39, 0.29) is 16.2 Å². The van der Waals surface area contributed by atoms with E-state index in [2.05, 4.69) is 161 Å². The van der Waals surface area contributed by atoms with Gasteiger partial charge < -0.3 is 4.57 Å². The largest absolute Gasteiger partial charge is 0.309 e. The molecular formula is C50H44N4. The summed E-state index contributed by atoms with van der Waals surface area (Å²) >= 11 is 0. The van der Waals surface area contributed by atoms with Crippen LogP contribution < -0.4 is 0 Å². The first-order chi connectivity index (χ1) is 26.0. The molecule has 0 bridgehead atoms. The summed E-state index contributed by atoms with van der Waals surface area (Å²) in [5.41, 5.74) is 14.7. The molecule has 0 spiro atoms. The Kier molecular flexibility index (Phi) is 7.01. The van der Waals surface area contributed by atoms with Gasteiger partial charge in [-0.15, -0.1) is 0 Å². The molecule has 2 aliphatic rings. The highest BCUT2D eigenvalue weighted by molar-refractivity contribution is 6.10. The van der Waals surface area contributed by atoms with Crippen molar-refractivity contribution in [2.75, 3.05) is 0 Å². The molecule has 8 aromatic rings. The number of aromatic nitrogens is 4. The first-order valence-corrected chi connectivity index (χ1v) is 19.2. The maximum Gasteiger partial charge on any atom is 0.164 e. The lowest BCUT2D eigenvalue weighted by Crippen LogP contribution is -2.33. The standard InChI is InChI=1S/C50H44N4/c1-48(2)25-26-49(3,4)42-30-44-38(29-41(42)48)37-20-11-13-22-43(37)54(44)34-18-14-17-32(27-34)46-51-45(31-15-8-7-9-16-31)52-47(53-46)33-23-24-36-35-19-10-12-21-39(35)50(5,6)40(36)28-33/h7-24,27-30H,25-26H2,1-6H3. The number of rotatable bonds is 4. The maximum absolute atomic E-state index is 5.23. The van der Waals surface area contributed by atoms with Crippen LogP contribution in [0.15, 0.2) is 133 Å². The summed E-state index contributed by atoms with van der Waals surface area (Å²) in [5.74, 6) is 1.99. The highest BCUT2D eigenvalue weighted by atomic mass is 15.0. The van der Waals surface area contributed by atoms with Crippen molar-refractivity contribution in [3.8, 4) is 51.0 Å². The number of hydrogen-bond donors (Lipinski definition) is 0. The van der Waals surface area contributed by atoms with Gasteiger partial charge in [-0.25, -0.2) is 15.0 Å². The second-order valence-electron chi connectivity index (χ2n) is 17.2. The van der Waals surface area contributed by atoms with Crippen LogP contribution in [-0.2, 0) is 16.2 Å². The number of fused-ring (bicyclic) bond motifs is 7. The average molecular weight is 701 g/mol. The van der Waals surface area contributed by atoms with E-state index in [1.165, 1.54) is 68.0 Å². The van der Waals surface area contributed by atoms with Gasteiger partial charge in [-0.05, 0) is 93.5 Å². The molecule has 0 amide bonds. The fourth-order valence-corrected chi connectivity index (χ4v) is 9.29. The summed E-state index contributed by atoms with van der Waals surface area (Å²) in [5, 5.41) is 2.58. The SMILES string of the molecule is CC1(C)CCC(C)(C)c2cc3c(cc21)c1ccccc1n3-c1cccc(-c2nc(-c3ccccc3)nc(-c3ccc4c(c3)C(C)(C)c3ccccc3-4)n2)c1. The van der Waals surface area contributed by atoms with E-state index in [0.717, 1.165) is 22.4 Å². The molecule has 10 rings (SSSR count). The van der Waals surface area contributed by atoms with E-state index >= 15 is 0 Å². The van der Waals surface area contributed by atoms with Crippen molar-refractivity contribution in [1.29, 1.82) is 0 Å². The summed E-state index contributed by atoms with van der Waals surface area (Å²) in [6, 6.07) is 48.2. The van der Waals surface area contributed by atoms with Crippen LogP contribution in [-0.4, -0.2) is 19.5 Å². The second kappa shape index (κ2) is 11.6. The zero-order valence-corrected chi connectivity index (χ0v) is 31.9. The second-order valence-corrected chi connectivity index (χ2v) is 17.2. The van der Waals surface area contributed by atoms with Crippen LogP contribution >= 0.6 is 0 Å². The molecule has 0 unspecified atom stereocenters. The molecule has 0 N–H and O–H groups in total. The molecule has 264 valence electrons. The molecule has 2 heterocycles. The number of nitrogens with zero attached hydrogens (tertiary/aromatic N) is 4. The fraction of sp³-hybridized carbons (Fsp3) is 0.220. The van der Waals surface area contributed by atoms with Crippen LogP contribution in [0, 0.1) is 0 Å². The molecule has 2 aliphatic carbocycles. The van der Waals surface area contributed by atoms with Crippen molar-refractivity contribution >= 4 is 21.8 Å².